The number of aromatic nitrogens is 1. The molecule has 1 aromatic rings. The highest BCUT2D eigenvalue weighted by atomic mass is 32.1. The lowest BCUT2D eigenvalue weighted by Gasteiger charge is -2.27. The molecule has 0 bridgehead atoms. The minimum absolute atomic E-state index is 0.0753. The molecule has 2 nitrogen and oxygen atoms in total. The smallest absolute Gasteiger partial charge is 0.102 e. The molecule has 12 heavy (non-hydrogen) atoms. The minimum Gasteiger partial charge on any atom is -0.386 e. The third-order valence-electron chi connectivity index (χ3n) is 2.39. The molecule has 0 saturated carbocycles. The van der Waals surface area contributed by atoms with Crippen LogP contribution in [0, 0.1) is 5.41 Å². The Morgan fingerprint density at radius 2 is 2.33 bits per heavy atom. The van der Waals surface area contributed by atoms with Crippen LogP contribution in [0.4, 0.5) is 0 Å². The molecule has 1 N–H and O–H groups in total. The number of rotatable bonds is 3. The van der Waals surface area contributed by atoms with Gasteiger partial charge >= 0.3 is 0 Å². The van der Waals surface area contributed by atoms with Gasteiger partial charge < -0.3 is 5.11 Å². The summed E-state index contributed by atoms with van der Waals surface area (Å²) in [4.78, 5) is 0. The van der Waals surface area contributed by atoms with Gasteiger partial charge in [0.2, 0.25) is 0 Å². The molecule has 0 aliphatic rings. The van der Waals surface area contributed by atoms with Crippen molar-refractivity contribution in [3.63, 3.8) is 0 Å². The van der Waals surface area contributed by atoms with Gasteiger partial charge in [-0.1, -0.05) is 20.8 Å². The molecule has 0 fully saturated rings. The summed E-state index contributed by atoms with van der Waals surface area (Å²) < 4.78 is 4.12. The highest BCUT2D eigenvalue weighted by Gasteiger charge is 2.28. The molecule has 1 aromatic heterocycles. The molecule has 0 spiro atoms. The van der Waals surface area contributed by atoms with Gasteiger partial charge in [0.25, 0.3) is 0 Å². The molecule has 0 radical (unpaired) electrons. The predicted molar refractivity (Wildman–Crippen MR) is 51.1 cm³/mol. The Morgan fingerprint density at radius 1 is 1.67 bits per heavy atom. The maximum absolute atomic E-state index is 9.88. The first kappa shape index (κ1) is 9.68. The topological polar surface area (TPSA) is 33.1 Å². The van der Waals surface area contributed by atoms with Crippen molar-refractivity contribution in [3.8, 4) is 0 Å². The zero-order valence-electron chi connectivity index (χ0n) is 7.74. The maximum Gasteiger partial charge on any atom is 0.102 e. The van der Waals surface area contributed by atoms with Crippen LogP contribution in [0.2, 0.25) is 0 Å². The van der Waals surface area contributed by atoms with Crippen LogP contribution in [-0.2, 0) is 0 Å². The van der Waals surface area contributed by atoms with Gasteiger partial charge in [-0.05, 0) is 29.4 Å². The Hall–Kier alpha value is -0.410. The average molecular weight is 185 g/mol. The van der Waals surface area contributed by atoms with Crippen molar-refractivity contribution in [1.29, 1.82) is 0 Å². The number of hydrogen-bond donors (Lipinski definition) is 1. The Kier molecular flexibility index (Phi) is 2.85. The summed E-state index contributed by atoms with van der Waals surface area (Å²) in [5, 5.41) is 11.8. The van der Waals surface area contributed by atoms with Gasteiger partial charge in [0.05, 0.1) is 5.69 Å². The van der Waals surface area contributed by atoms with Gasteiger partial charge in [0.1, 0.15) is 6.10 Å². The van der Waals surface area contributed by atoms with E-state index in [-0.39, 0.29) is 5.41 Å². The van der Waals surface area contributed by atoms with Crippen LogP contribution >= 0.6 is 11.5 Å². The first-order valence-corrected chi connectivity index (χ1v) is 5.00. The number of aliphatic hydroxyl groups is 1. The molecule has 0 saturated heterocycles. The van der Waals surface area contributed by atoms with E-state index >= 15 is 0 Å². The molecule has 3 heteroatoms. The van der Waals surface area contributed by atoms with Crippen molar-refractivity contribution in [2.45, 2.75) is 33.3 Å². The highest BCUT2D eigenvalue weighted by Crippen LogP contribution is 2.35. The van der Waals surface area contributed by atoms with Crippen molar-refractivity contribution in [2.24, 2.45) is 5.41 Å². The fourth-order valence-electron chi connectivity index (χ4n) is 0.957. The van der Waals surface area contributed by atoms with E-state index in [9.17, 15) is 5.11 Å². The van der Waals surface area contributed by atoms with E-state index in [1.807, 2.05) is 11.4 Å². The SMILES string of the molecule is CCC(C)(C)C(O)c1ccsn1. The van der Waals surface area contributed by atoms with E-state index in [4.69, 9.17) is 0 Å². The second-order valence-corrected chi connectivity index (χ2v) is 4.33. The first-order chi connectivity index (χ1) is 5.58. The molecule has 1 heterocycles. The summed E-state index contributed by atoms with van der Waals surface area (Å²) in [5.74, 6) is 0. The van der Waals surface area contributed by atoms with Gasteiger partial charge in [-0.15, -0.1) is 0 Å². The largest absolute Gasteiger partial charge is 0.386 e. The molecule has 0 aliphatic carbocycles. The molecule has 0 aromatic carbocycles. The third-order valence-corrected chi connectivity index (χ3v) is 2.96. The number of aliphatic hydroxyl groups excluding tert-OH is 1. The van der Waals surface area contributed by atoms with Crippen molar-refractivity contribution < 1.29 is 5.11 Å². The first-order valence-electron chi connectivity index (χ1n) is 4.16. The molecule has 0 aliphatic heterocycles. The van der Waals surface area contributed by atoms with Crippen molar-refractivity contribution in [3.05, 3.63) is 17.1 Å². The molecular formula is C9H15NOS. The lowest BCUT2D eigenvalue weighted by molar-refractivity contribution is 0.0438. The summed E-state index contributed by atoms with van der Waals surface area (Å²) in [6.45, 7) is 6.18. The second kappa shape index (κ2) is 3.54. The standard InChI is InChI=1S/C9H15NOS/c1-4-9(2,3)8(11)7-5-6-12-10-7/h5-6,8,11H,4H2,1-3H3. The predicted octanol–water partition coefficient (Wildman–Crippen LogP) is 2.61. The van der Waals surface area contributed by atoms with E-state index in [1.165, 1.54) is 11.5 Å². The third kappa shape index (κ3) is 1.84. The quantitative estimate of drug-likeness (QED) is 0.785. The van der Waals surface area contributed by atoms with E-state index in [0.717, 1.165) is 12.1 Å². The highest BCUT2D eigenvalue weighted by molar-refractivity contribution is 7.03. The van der Waals surface area contributed by atoms with Gasteiger partial charge in [-0.25, -0.2) is 0 Å². The lowest BCUT2D eigenvalue weighted by Crippen LogP contribution is -2.21. The maximum atomic E-state index is 9.88. The number of nitrogens with zero attached hydrogens (tertiary/aromatic N) is 1. The Morgan fingerprint density at radius 3 is 2.75 bits per heavy atom. The lowest BCUT2D eigenvalue weighted by atomic mass is 9.82. The normalized spacial score (nSPS) is 14.7. The monoisotopic (exact) mass is 185 g/mol. The van der Waals surface area contributed by atoms with Gasteiger partial charge in [-0.2, -0.15) is 4.37 Å². The molecule has 1 atom stereocenters. The zero-order valence-corrected chi connectivity index (χ0v) is 8.56. The van der Waals surface area contributed by atoms with Crippen LogP contribution in [0.3, 0.4) is 0 Å². The van der Waals surface area contributed by atoms with Crippen molar-refractivity contribution in [2.75, 3.05) is 0 Å². The summed E-state index contributed by atoms with van der Waals surface area (Å²) in [6.07, 6.45) is 0.514. The Labute approximate surface area is 77.4 Å². The average Bonchev–Trinajstić information content (AvgIpc) is 2.55. The minimum atomic E-state index is -0.436. The Bertz CT molecular complexity index is 231. The zero-order chi connectivity index (χ0) is 9.19. The Balaban J connectivity index is 2.78. The second-order valence-electron chi connectivity index (χ2n) is 3.67. The fourth-order valence-corrected chi connectivity index (χ4v) is 1.50. The van der Waals surface area contributed by atoms with E-state index < -0.39 is 6.10 Å². The summed E-state index contributed by atoms with van der Waals surface area (Å²) >= 11 is 1.38. The fraction of sp³-hybridized carbons (Fsp3) is 0.667. The number of hydrogen-bond acceptors (Lipinski definition) is 3. The summed E-state index contributed by atoms with van der Waals surface area (Å²) in [5.41, 5.74) is 0.723. The molecule has 1 unspecified atom stereocenters. The van der Waals surface area contributed by atoms with Gasteiger partial charge in [0, 0.05) is 5.38 Å². The molecule has 68 valence electrons. The van der Waals surface area contributed by atoms with Crippen LogP contribution in [0.15, 0.2) is 11.4 Å². The van der Waals surface area contributed by atoms with Gasteiger partial charge in [-0.3, -0.25) is 0 Å². The van der Waals surface area contributed by atoms with Crippen LogP contribution in [-0.4, -0.2) is 9.48 Å². The van der Waals surface area contributed by atoms with Crippen molar-refractivity contribution >= 4 is 11.5 Å². The van der Waals surface area contributed by atoms with Crippen LogP contribution in [0.1, 0.15) is 39.0 Å². The summed E-state index contributed by atoms with van der Waals surface area (Å²) in [7, 11) is 0. The van der Waals surface area contributed by atoms with E-state index in [1.54, 1.807) is 0 Å². The van der Waals surface area contributed by atoms with Gasteiger partial charge in [0.15, 0.2) is 0 Å². The van der Waals surface area contributed by atoms with Crippen LogP contribution in [0.5, 0.6) is 0 Å². The summed E-state index contributed by atoms with van der Waals surface area (Å²) in [6, 6.07) is 1.88. The van der Waals surface area contributed by atoms with Crippen molar-refractivity contribution in [1.82, 2.24) is 4.37 Å². The molecule has 1 rings (SSSR count). The van der Waals surface area contributed by atoms with Crippen LogP contribution in [0.25, 0.3) is 0 Å². The molecule has 0 amide bonds. The van der Waals surface area contributed by atoms with E-state index in [2.05, 4.69) is 25.1 Å². The molecular weight excluding hydrogens is 170 g/mol. The van der Waals surface area contributed by atoms with E-state index in [0.29, 0.717) is 0 Å². The van der Waals surface area contributed by atoms with Crippen LogP contribution < -0.4 is 0 Å².